The lowest BCUT2D eigenvalue weighted by Crippen LogP contribution is -2.52. The topological polar surface area (TPSA) is 49.8 Å². The van der Waals surface area contributed by atoms with Crippen molar-refractivity contribution < 1.29 is 14.6 Å². The Morgan fingerprint density at radius 3 is 2.75 bits per heavy atom. The third kappa shape index (κ3) is 1.74. The van der Waals surface area contributed by atoms with E-state index in [9.17, 15) is 9.90 Å². The predicted molar refractivity (Wildman–Crippen MR) is 57.7 cm³/mol. The molecular weight excluding hydrogens is 206 g/mol. The summed E-state index contributed by atoms with van der Waals surface area (Å²) in [7, 11) is 0. The number of hydrogen-bond donors (Lipinski definition) is 1. The fourth-order valence-corrected chi connectivity index (χ4v) is 3.25. The van der Waals surface area contributed by atoms with Crippen molar-refractivity contribution in [3.8, 4) is 0 Å². The summed E-state index contributed by atoms with van der Waals surface area (Å²) in [5.41, 5.74) is 0. The van der Waals surface area contributed by atoms with Crippen LogP contribution in [0, 0.1) is 17.8 Å². The summed E-state index contributed by atoms with van der Waals surface area (Å²) >= 11 is 0. The van der Waals surface area contributed by atoms with Crippen molar-refractivity contribution >= 4 is 5.91 Å². The third-order valence-electron chi connectivity index (χ3n) is 4.31. The third-order valence-corrected chi connectivity index (χ3v) is 4.31. The lowest BCUT2D eigenvalue weighted by molar-refractivity contribution is -0.146. The average Bonchev–Trinajstić information content (AvgIpc) is 2.95. The molecule has 0 aromatic carbocycles. The zero-order valence-electron chi connectivity index (χ0n) is 9.47. The summed E-state index contributed by atoms with van der Waals surface area (Å²) in [4.78, 5) is 14.1. The highest BCUT2D eigenvalue weighted by atomic mass is 16.5. The van der Waals surface area contributed by atoms with Gasteiger partial charge >= 0.3 is 0 Å². The van der Waals surface area contributed by atoms with Gasteiger partial charge in [-0.1, -0.05) is 0 Å². The van der Waals surface area contributed by atoms with Crippen LogP contribution in [0.1, 0.15) is 19.3 Å². The van der Waals surface area contributed by atoms with Gasteiger partial charge in [0.25, 0.3) is 0 Å². The molecule has 1 amide bonds. The van der Waals surface area contributed by atoms with Gasteiger partial charge in [-0.3, -0.25) is 4.79 Å². The number of aliphatic hydroxyl groups is 1. The first-order valence-electron chi connectivity index (χ1n) is 6.28. The first kappa shape index (κ1) is 10.5. The largest absolute Gasteiger partial charge is 0.394 e. The summed E-state index contributed by atoms with van der Waals surface area (Å²) in [6.07, 6.45) is 3.51. The van der Waals surface area contributed by atoms with Gasteiger partial charge in [-0.25, -0.2) is 0 Å². The van der Waals surface area contributed by atoms with E-state index in [1.807, 2.05) is 4.90 Å². The van der Waals surface area contributed by atoms with Crippen molar-refractivity contribution in [1.29, 1.82) is 0 Å². The molecule has 3 atom stereocenters. The Labute approximate surface area is 95.6 Å². The number of rotatable bonds is 2. The van der Waals surface area contributed by atoms with Crippen LogP contribution in [0.2, 0.25) is 0 Å². The van der Waals surface area contributed by atoms with Crippen LogP contribution < -0.4 is 0 Å². The van der Waals surface area contributed by atoms with E-state index >= 15 is 0 Å². The molecule has 2 saturated carbocycles. The lowest BCUT2D eigenvalue weighted by atomic mass is 10.0. The standard InChI is InChI=1S/C12H19NO3/c14-6-11-7-16-2-1-13(11)12(15)10-4-8-3-9(8)5-10/h8-11,14H,1-7H2. The molecule has 0 radical (unpaired) electrons. The monoisotopic (exact) mass is 225 g/mol. The number of morpholine rings is 1. The van der Waals surface area contributed by atoms with E-state index in [1.54, 1.807) is 0 Å². The molecule has 1 N–H and O–H groups in total. The first-order valence-corrected chi connectivity index (χ1v) is 6.28. The normalized spacial score (nSPS) is 41.9. The van der Waals surface area contributed by atoms with Crippen molar-refractivity contribution in [3.63, 3.8) is 0 Å². The van der Waals surface area contributed by atoms with Gasteiger partial charge in [-0.2, -0.15) is 0 Å². The molecule has 2 aliphatic carbocycles. The Kier molecular flexibility index (Phi) is 2.64. The number of hydrogen-bond acceptors (Lipinski definition) is 3. The molecule has 0 spiro atoms. The van der Waals surface area contributed by atoms with Crippen molar-refractivity contribution in [1.82, 2.24) is 4.90 Å². The van der Waals surface area contributed by atoms with Crippen molar-refractivity contribution in [3.05, 3.63) is 0 Å². The Hall–Kier alpha value is -0.610. The van der Waals surface area contributed by atoms with Crippen LogP contribution in [0.3, 0.4) is 0 Å². The molecule has 1 aliphatic heterocycles. The van der Waals surface area contributed by atoms with Gasteiger partial charge in [-0.15, -0.1) is 0 Å². The van der Waals surface area contributed by atoms with E-state index < -0.39 is 0 Å². The molecule has 0 bridgehead atoms. The number of nitrogens with zero attached hydrogens (tertiary/aromatic N) is 1. The van der Waals surface area contributed by atoms with E-state index in [0.29, 0.717) is 19.8 Å². The second-order valence-electron chi connectivity index (χ2n) is 5.37. The van der Waals surface area contributed by atoms with Crippen LogP contribution in [-0.4, -0.2) is 48.3 Å². The number of aliphatic hydroxyl groups excluding tert-OH is 1. The van der Waals surface area contributed by atoms with Crippen molar-refractivity contribution in [2.75, 3.05) is 26.4 Å². The van der Waals surface area contributed by atoms with Crippen LogP contribution in [0.15, 0.2) is 0 Å². The van der Waals surface area contributed by atoms with E-state index in [-0.39, 0.29) is 24.5 Å². The fourth-order valence-electron chi connectivity index (χ4n) is 3.25. The molecule has 0 aromatic rings. The van der Waals surface area contributed by atoms with Gasteiger partial charge in [-0.05, 0) is 31.1 Å². The van der Waals surface area contributed by atoms with Crippen LogP contribution in [-0.2, 0) is 9.53 Å². The number of fused-ring (bicyclic) bond motifs is 1. The summed E-state index contributed by atoms with van der Waals surface area (Å²) in [5, 5.41) is 9.24. The molecular formula is C12H19NO3. The van der Waals surface area contributed by atoms with Crippen molar-refractivity contribution in [2.24, 2.45) is 17.8 Å². The molecule has 3 unspecified atom stereocenters. The predicted octanol–water partition coefficient (Wildman–Crippen LogP) is 0.252. The molecule has 16 heavy (non-hydrogen) atoms. The van der Waals surface area contributed by atoms with Gasteiger partial charge < -0.3 is 14.7 Å². The summed E-state index contributed by atoms with van der Waals surface area (Å²) in [6, 6.07) is -0.113. The molecule has 4 heteroatoms. The van der Waals surface area contributed by atoms with Gasteiger partial charge in [0.2, 0.25) is 5.91 Å². The minimum atomic E-state index is -0.113. The van der Waals surface area contributed by atoms with Crippen LogP contribution in [0.4, 0.5) is 0 Å². The number of amides is 1. The second kappa shape index (κ2) is 4.00. The van der Waals surface area contributed by atoms with Gasteiger partial charge in [0.15, 0.2) is 0 Å². The summed E-state index contributed by atoms with van der Waals surface area (Å²) < 4.78 is 5.29. The maximum atomic E-state index is 12.3. The summed E-state index contributed by atoms with van der Waals surface area (Å²) in [6.45, 7) is 1.77. The Morgan fingerprint density at radius 2 is 2.06 bits per heavy atom. The van der Waals surface area contributed by atoms with Gasteiger partial charge in [0, 0.05) is 12.5 Å². The Morgan fingerprint density at radius 1 is 1.31 bits per heavy atom. The molecule has 1 saturated heterocycles. The molecule has 4 nitrogen and oxygen atoms in total. The fraction of sp³-hybridized carbons (Fsp3) is 0.917. The van der Waals surface area contributed by atoms with Crippen LogP contribution in [0.5, 0.6) is 0 Å². The minimum Gasteiger partial charge on any atom is -0.394 e. The molecule has 90 valence electrons. The Bertz CT molecular complexity index is 284. The van der Waals surface area contributed by atoms with E-state index in [2.05, 4.69) is 0 Å². The SMILES string of the molecule is O=C(C1CC2CC2C1)N1CCOCC1CO. The highest BCUT2D eigenvalue weighted by molar-refractivity contribution is 5.80. The van der Waals surface area contributed by atoms with E-state index in [4.69, 9.17) is 4.74 Å². The Balaban J connectivity index is 1.63. The van der Waals surface area contributed by atoms with Gasteiger partial charge in [0.05, 0.1) is 25.9 Å². The lowest BCUT2D eigenvalue weighted by Gasteiger charge is -2.36. The highest BCUT2D eigenvalue weighted by Gasteiger charge is 2.49. The number of carbonyl (C=O) groups is 1. The average molecular weight is 225 g/mol. The maximum Gasteiger partial charge on any atom is 0.226 e. The number of ether oxygens (including phenoxy) is 1. The van der Waals surface area contributed by atoms with Crippen molar-refractivity contribution in [2.45, 2.75) is 25.3 Å². The molecule has 3 rings (SSSR count). The van der Waals surface area contributed by atoms with Crippen LogP contribution >= 0.6 is 0 Å². The zero-order valence-corrected chi connectivity index (χ0v) is 9.47. The molecule has 3 aliphatic rings. The van der Waals surface area contributed by atoms with Crippen LogP contribution in [0.25, 0.3) is 0 Å². The molecule has 3 fully saturated rings. The number of carbonyl (C=O) groups excluding carboxylic acids is 1. The minimum absolute atomic E-state index is 0.0192. The molecule has 1 heterocycles. The molecule has 0 aromatic heterocycles. The van der Waals surface area contributed by atoms with Gasteiger partial charge in [0.1, 0.15) is 0 Å². The smallest absolute Gasteiger partial charge is 0.226 e. The van der Waals surface area contributed by atoms with E-state index in [0.717, 1.165) is 24.7 Å². The maximum absolute atomic E-state index is 12.3. The summed E-state index contributed by atoms with van der Waals surface area (Å²) in [5.74, 6) is 2.16. The van der Waals surface area contributed by atoms with E-state index in [1.165, 1.54) is 6.42 Å². The first-order chi connectivity index (χ1) is 7.79. The second-order valence-corrected chi connectivity index (χ2v) is 5.37. The quantitative estimate of drug-likeness (QED) is 0.733. The zero-order chi connectivity index (χ0) is 11.1. The highest BCUT2D eigenvalue weighted by Crippen LogP contribution is 2.54.